The van der Waals surface area contributed by atoms with Gasteiger partial charge in [0, 0.05) is 17.6 Å². The minimum atomic E-state index is -0.371. The molecule has 0 bridgehead atoms. The van der Waals surface area contributed by atoms with Crippen LogP contribution in [0.2, 0.25) is 5.02 Å². The molecule has 124 valence electrons. The van der Waals surface area contributed by atoms with Gasteiger partial charge in [-0.2, -0.15) is 0 Å². The molecule has 2 rings (SSSR count). The van der Waals surface area contributed by atoms with E-state index in [0.717, 1.165) is 5.56 Å². The van der Waals surface area contributed by atoms with Crippen LogP contribution < -0.4 is 10.1 Å². The van der Waals surface area contributed by atoms with Gasteiger partial charge in [-0.3, -0.25) is 0 Å². The molecule has 2 aromatic carbocycles. The molecule has 2 N–H and O–H groups in total. The maximum Gasteiger partial charge on any atom is 0.131 e. The number of hydrogen-bond donors (Lipinski definition) is 2. The zero-order chi connectivity index (χ0) is 16.9. The number of benzene rings is 2. The molecule has 0 amide bonds. The van der Waals surface area contributed by atoms with Crippen molar-refractivity contribution in [3.63, 3.8) is 0 Å². The van der Waals surface area contributed by atoms with E-state index in [1.807, 2.05) is 38.1 Å². The molecule has 0 heterocycles. The molecule has 0 saturated carbocycles. The highest BCUT2D eigenvalue weighted by molar-refractivity contribution is 6.31. The van der Waals surface area contributed by atoms with Crippen molar-refractivity contribution in [2.24, 2.45) is 0 Å². The second-order valence-electron chi connectivity index (χ2n) is 6.03. The molecule has 0 saturated heterocycles. The Morgan fingerprint density at radius 2 is 1.87 bits per heavy atom. The number of rotatable bonds is 7. The first-order valence-corrected chi connectivity index (χ1v) is 7.79. The first-order valence-electron chi connectivity index (χ1n) is 7.42. The first kappa shape index (κ1) is 17.7. The van der Waals surface area contributed by atoms with E-state index in [2.05, 4.69) is 5.32 Å². The number of nitrogens with one attached hydrogen (secondary N) is 1. The van der Waals surface area contributed by atoms with Crippen LogP contribution in [0.4, 0.5) is 4.39 Å². The van der Waals surface area contributed by atoms with E-state index in [0.29, 0.717) is 22.9 Å². The van der Waals surface area contributed by atoms with Gasteiger partial charge in [-0.15, -0.1) is 0 Å². The van der Waals surface area contributed by atoms with Gasteiger partial charge in [0.1, 0.15) is 18.2 Å². The molecule has 0 fully saturated rings. The first-order chi connectivity index (χ1) is 10.9. The van der Waals surface area contributed by atoms with Gasteiger partial charge >= 0.3 is 0 Å². The average Bonchev–Trinajstić information content (AvgIpc) is 2.54. The molecule has 3 nitrogen and oxygen atoms in total. The van der Waals surface area contributed by atoms with Gasteiger partial charge in [0.2, 0.25) is 0 Å². The summed E-state index contributed by atoms with van der Waals surface area (Å²) in [7, 11) is 0. The zero-order valence-corrected chi connectivity index (χ0v) is 14.0. The summed E-state index contributed by atoms with van der Waals surface area (Å²) < 4.78 is 19.3. The topological polar surface area (TPSA) is 41.5 Å². The number of hydrogen-bond acceptors (Lipinski definition) is 3. The maximum absolute atomic E-state index is 13.7. The van der Waals surface area contributed by atoms with Gasteiger partial charge in [-0.25, -0.2) is 4.39 Å². The Morgan fingerprint density at radius 3 is 2.48 bits per heavy atom. The van der Waals surface area contributed by atoms with Crippen molar-refractivity contribution < 1.29 is 14.2 Å². The largest absolute Gasteiger partial charge is 0.489 e. The van der Waals surface area contributed by atoms with E-state index in [1.54, 1.807) is 12.1 Å². The molecule has 0 aliphatic rings. The van der Waals surface area contributed by atoms with Crippen molar-refractivity contribution in [1.82, 2.24) is 5.32 Å². The number of ether oxygens (including phenoxy) is 1. The molecule has 5 heteroatoms. The summed E-state index contributed by atoms with van der Waals surface area (Å²) in [6.07, 6.45) is 0. The highest BCUT2D eigenvalue weighted by Crippen LogP contribution is 2.21. The lowest BCUT2D eigenvalue weighted by atomic mass is 10.1. The van der Waals surface area contributed by atoms with Crippen LogP contribution in [-0.4, -0.2) is 17.3 Å². The Labute approximate surface area is 141 Å². The third kappa shape index (κ3) is 5.20. The number of halogens is 2. The summed E-state index contributed by atoms with van der Waals surface area (Å²) in [6, 6.07) is 12.1. The summed E-state index contributed by atoms with van der Waals surface area (Å²) >= 11 is 5.97. The Bertz CT molecular complexity index is 624. The molecular formula is C18H21ClFNO2. The van der Waals surface area contributed by atoms with Crippen molar-refractivity contribution in [3.8, 4) is 5.75 Å². The third-order valence-electron chi connectivity index (χ3n) is 3.53. The second-order valence-corrected chi connectivity index (χ2v) is 6.44. The van der Waals surface area contributed by atoms with Crippen LogP contribution in [0.1, 0.15) is 25.0 Å². The van der Waals surface area contributed by atoms with Crippen molar-refractivity contribution in [2.45, 2.75) is 32.5 Å². The summed E-state index contributed by atoms with van der Waals surface area (Å²) in [4.78, 5) is 0. The van der Waals surface area contributed by atoms with E-state index in [4.69, 9.17) is 16.3 Å². The molecule has 0 aliphatic heterocycles. The minimum Gasteiger partial charge on any atom is -0.489 e. The zero-order valence-electron chi connectivity index (χ0n) is 13.3. The van der Waals surface area contributed by atoms with Gasteiger partial charge in [0.15, 0.2) is 0 Å². The Kier molecular flexibility index (Phi) is 5.99. The maximum atomic E-state index is 13.7. The van der Waals surface area contributed by atoms with Crippen LogP contribution in [0.15, 0.2) is 42.5 Å². The van der Waals surface area contributed by atoms with Crippen molar-refractivity contribution in [1.29, 1.82) is 0 Å². The predicted molar refractivity (Wildman–Crippen MR) is 90.2 cm³/mol. The summed E-state index contributed by atoms with van der Waals surface area (Å²) in [5.74, 6) is 0.277. The van der Waals surface area contributed by atoms with Crippen LogP contribution in [0.3, 0.4) is 0 Å². The molecule has 0 unspecified atom stereocenters. The standard InChI is InChI=1S/C18H21ClFNO2/c1-18(2,12-22)21-10-13-6-8-14(9-7-13)23-11-15-16(19)4-3-5-17(15)20/h3-9,21-22H,10-12H2,1-2H3. The monoisotopic (exact) mass is 337 g/mol. The van der Waals surface area contributed by atoms with Gasteiger partial charge in [-0.1, -0.05) is 29.8 Å². The fourth-order valence-electron chi connectivity index (χ4n) is 1.93. The van der Waals surface area contributed by atoms with E-state index in [-0.39, 0.29) is 24.6 Å². The van der Waals surface area contributed by atoms with Crippen molar-refractivity contribution in [2.75, 3.05) is 6.61 Å². The Morgan fingerprint density at radius 1 is 1.17 bits per heavy atom. The lowest BCUT2D eigenvalue weighted by Gasteiger charge is -2.23. The van der Waals surface area contributed by atoms with Gasteiger partial charge in [0.25, 0.3) is 0 Å². The molecule has 0 spiro atoms. The predicted octanol–water partition coefficient (Wildman–Crippen LogP) is 3.92. The molecule has 0 atom stereocenters. The Balaban J connectivity index is 1.93. The van der Waals surface area contributed by atoms with E-state index < -0.39 is 0 Å². The van der Waals surface area contributed by atoms with Crippen LogP contribution in [0.5, 0.6) is 5.75 Å². The van der Waals surface area contributed by atoms with Crippen LogP contribution >= 0.6 is 11.6 Å². The fraction of sp³-hybridized carbons (Fsp3) is 0.333. The molecular weight excluding hydrogens is 317 g/mol. The molecule has 0 aromatic heterocycles. The van der Waals surface area contributed by atoms with Crippen LogP contribution in [0.25, 0.3) is 0 Å². The lowest BCUT2D eigenvalue weighted by Crippen LogP contribution is -2.42. The molecule has 0 aliphatic carbocycles. The summed E-state index contributed by atoms with van der Waals surface area (Å²) in [5, 5.41) is 12.8. The fourth-order valence-corrected chi connectivity index (χ4v) is 2.14. The quantitative estimate of drug-likeness (QED) is 0.804. The second kappa shape index (κ2) is 7.77. The molecule has 0 radical (unpaired) electrons. The lowest BCUT2D eigenvalue weighted by molar-refractivity contribution is 0.187. The average molecular weight is 338 g/mol. The molecule has 2 aromatic rings. The van der Waals surface area contributed by atoms with Crippen molar-refractivity contribution >= 4 is 11.6 Å². The summed E-state index contributed by atoms with van der Waals surface area (Å²) in [6.45, 7) is 4.66. The van der Waals surface area contributed by atoms with E-state index in [1.165, 1.54) is 6.07 Å². The van der Waals surface area contributed by atoms with Gasteiger partial charge < -0.3 is 15.2 Å². The minimum absolute atomic E-state index is 0.0671. The normalized spacial score (nSPS) is 11.5. The molecule has 23 heavy (non-hydrogen) atoms. The van der Waals surface area contributed by atoms with Crippen LogP contribution in [-0.2, 0) is 13.2 Å². The SMILES string of the molecule is CC(C)(CO)NCc1ccc(OCc2c(F)cccc2Cl)cc1. The smallest absolute Gasteiger partial charge is 0.131 e. The van der Waals surface area contributed by atoms with E-state index >= 15 is 0 Å². The summed E-state index contributed by atoms with van der Waals surface area (Å²) in [5.41, 5.74) is 1.10. The highest BCUT2D eigenvalue weighted by Gasteiger charge is 2.14. The van der Waals surface area contributed by atoms with E-state index in [9.17, 15) is 9.50 Å². The van der Waals surface area contributed by atoms with Crippen LogP contribution in [0, 0.1) is 5.82 Å². The van der Waals surface area contributed by atoms with Crippen molar-refractivity contribution in [3.05, 3.63) is 64.4 Å². The highest BCUT2D eigenvalue weighted by atomic mass is 35.5. The number of aliphatic hydroxyl groups is 1. The third-order valence-corrected chi connectivity index (χ3v) is 3.89. The number of aliphatic hydroxyl groups excluding tert-OH is 1. The Hall–Kier alpha value is -1.62. The van der Waals surface area contributed by atoms with Gasteiger partial charge in [0.05, 0.1) is 11.6 Å². The van der Waals surface area contributed by atoms with Gasteiger partial charge in [-0.05, 0) is 43.7 Å².